The van der Waals surface area contributed by atoms with Crippen LogP contribution in [-0.4, -0.2) is 50.9 Å². The third kappa shape index (κ3) is 6.58. The molecule has 1 atom stereocenters. The maximum Gasteiger partial charge on any atom is 0.160 e. The summed E-state index contributed by atoms with van der Waals surface area (Å²) in [6.07, 6.45) is 0.269. The first-order valence-electron chi connectivity index (χ1n) is 8.98. The van der Waals surface area contributed by atoms with Crippen molar-refractivity contribution < 1.29 is 29.4 Å². The minimum Gasteiger partial charge on any atom is -0.493 e. The van der Waals surface area contributed by atoms with Crippen LogP contribution in [0.1, 0.15) is 22.8 Å². The van der Waals surface area contributed by atoms with Gasteiger partial charge in [0.2, 0.25) is 0 Å². The molecule has 0 radical (unpaired) electrons. The molecule has 0 aliphatic heterocycles. The van der Waals surface area contributed by atoms with Gasteiger partial charge in [-0.1, -0.05) is 18.2 Å². The Hall–Kier alpha value is -2.57. The highest BCUT2D eigenvalue weighted by Crippen LogP contribution is 2.27. The summed E-state index contributed by atoms with van der Waals surface area (Å²) in [5, 5.41) is 12.1. The van der Waals surface area contributed by atoms with Crippen LogP contribution in [0.3, 0.4) is 0 Å². The quantitative estimate of drug-likeness (QED) is 0.460. The molecule has 0 aliphatic carbocycles. The number of carbonyl (C=O) groups excluding carboxylic acids is 1. The maximum atomic E-state index is 11.4. The Morgan fingerprint density at radius 1 is 1.11 bits per heavy atom. The molecule has 6 heteroatoms. The maximum absolute atomic E-state index is 11.4. The lowest BCUT2D eigenvalue weighted by atomic mass is 10.1. The average Bonchev–Trinajstić information content (AvgIpc) is 2.69. The van der Waals surface area contributed by atoms with Crippen LogP contribution < -0.4 is 19.5 Å². The molecule has 6 nitrogen and oxygen atoms in total. The molecular weight excluding hydrogens is 346 g/mol. The lowest BCUT2D eigenvalue weighted by Crippen LogP contribution is -2.87. The van der Waals surface area contributed by atoms with E-state index in [-0.39, 0.29) is 12.4 Å². The number of benzene rings is 2. The predicted molar refractivity (Wildman–Crippen MR) is 103 cm³/mol. The molecule has 0 fully saturated rings. The summed E-state index contributed by atoms with van der Waals surface area (Å²) < 4.78 is 16.1. The molecule has 0 saturated carbocycles. The molecule has 0 aromatic heterocycles. The highest BCUT2D eigenvalue weighted by atomic mass is 16.5. The molecule has 2 aromatic carbocycles. The largest absolute Gasteiger partial charge is 0.493 e. The van der Waals surface area contributed by atoms with Gasteiger partial charge in [-0.25, -0.2) is 0 Å². The molecule has 0 bridgehead atoms. The number of quaternary nitrogens is 1. The van der Waals surface area contributed by atoms with Gasteiger partial charge in [0.25, 0.3) is 0 Å². The highest BCUT2D eigenvalue weighted by molar-refractivity contribution is 5.94. The van der Waals surface area contributed by atoms with Gasteiger partial charge in [-0.2, -0.15) is 0 Å². The fourth-order valence-electron chi connectivity index (χ4n) is 2.68. The molecule has 2 aromatic rings. The third-order valence-corrected chi connectivity index (χ3v) is 4.21. The lowest BCUT2D eigenvalue weighted by molar-refractivity contribution is -0.660. The van der Waals surface area contributed by atoms with E-state index in [1.54, 1.807) is 38.5 Å². The summed E-state index contributed by atoms with van der Waals surface area (Å²) in [5.74, 6) is 2.01. The molecule has 0 unspecified atom stereocenters. The number of methoxy groups -OCH3 is 2. The molecule has 0 aliphatic rings. The van der Waals surface area contributed by atoms with Crippen LogP contribution in [0.25, 0.3) is 0 Å². The fraction of sp³-hybridized carbons (Fsp3) is 0.381. The molecule has 0 saturated heterocycles. The van der Waals surface area contributed by atoms with E-state index in [1.807, 2.05) is 18.2 Å². The first-order chi connectivity index (χ1) is 13.0. The smallest absolute Gasteiger partial charge is 0.160 e. The van der Waals surface area contributed by atoms with Crippen molar-refractivity contribution in [1.82, 2.24) is 0 Å². The minimum atomic E-state index is -0.587. The second kappa shape index (κ2) is 10.5. The number of nitrogens with two attached hydrogens (primary N) is 1. The van der Waals surface area contributed by atoms with Gasteiger partial charge < -0.3 is 24.6 Å². The van der Waals surface area contributed by atoms with Crippen LogP contribution in [0.4, 0.5) is 0 Å². The second-order valence-corrected chi connectivity index (χ2v) is 6.30. The number of aliphatic hydroxyl groups is 1. The van der Waals surface area contributed by atoms with E-state index in [9.17, 15) is 9.90 Å². The molecule has 27 heavy (non-hydrogen) atoms. The van der Waals surface area contributed by atoms with Crippen molar-refractivity contribution in [2.75, 3.05) is 33.9 Å². The molecule has 146 valence electrons. The van der Waals surface area contributed by atoms with Crippen molar-refractivity contribution in [3.05, 3.63) is 53.6 Å². The monoisotopic (exact) mass is 374 g/mol. The van der Waals surface area contributed by atoms with Crippen LogP contribution >= 0.6 is 0 Å². The number of ketones is 1. The van der Waals surface area contributed by atoms with Gasteiger partial charge in [0.1, 0.15) is 25.0 Å². The zero-order valence-electron chi connectivity index (χ0n) is 16.1. The van der Waals surface area contributed by atoms with Crippen molar-refractivity contribution in [3.63, 3.8) is 0 Å². The number of Topliss-reactive ketones (excluding diaryl/α,β-unsaturated/α-hetero) is 1. The summed E-state index contributed by atoms with van der Waals surface area (Å²) >= 11 is 0. The van der Waals surface area contributed by atoms with Gasteiger partial charge in [-0.3, -0.25) is 4.79 Å². The van der Waals surface area contributed by atoms with Crippen LogP contribution in [0.2, 0.25) is 0 Å². The van der Waals surface area contributed by atoms with Crippen LogP contribution in [0.15, 0.2) is 42.5 Å². The van der Waals surface area contributed by atoms with E-state index in [0.717, 1.165) is 24.3 Å². The van der Waals surface area contributed by atoms with Crippen LogP contribution in [0, 0.1) is 0 Å². The SMILES string of the molecule is COc1ccc(CC[NH2+]C[C@H](O)COc2cccc(C(C)=O)c2)cc1OC. The van der Waals surface area contributed by atoms with Crippen molar-refractivity contribution in [1.29, 1.82) is 0 Å². The van der Waals surface area contributed by atoms with Gasteiger partial charge >= 0.3 is 0 Å². The molecule has 0 heterocycles. The van der Waals surface area contributed by atoms with E-state index < -0.39 is 6.10 Å². The van der Waals surface area contributed by atoms with Crippen molar-refractivity contribution >= 4 is 5.78 Å². The summed E-state index contributed by atoms with van der Waals surface area (Å²) in [7, 11) is 3.24. The number of hydrogen-bond acceptors (Lipinski definition) is 5. The summed E-state index contributed by atoms with van der Waals surface area (Å²) in [6, 6.07) is 12.9. The first kappa shape index (κ1) is 20.7. The first-order valence-corrected chi connectivity index (χ1v) is 8.98. The Balaban J connectivity index is 1.71. The van der Waals surface area contributed by atoms with E-state index in [2.05, 4.69) is 5.32 Å². The van der Waals surface area contributed by atoms with Crippen molar-refractivity contribution in [3.8, 4) is 17.2 Å². The van der Waals surface area contributed by atoms with E-state index in [0.29, 0.717) is 23.6 Å². The fourth-order valence-corrected chi connectivity index (χ4v) is 2.68. The minimum absolute atomic E-state index is 0.00973. The summed E-state index contributed by atoms with van der Waals surface area (Å²) in [6.45, 7) is 3.08. The Labute approximate surface area is 160 Å². The topological polar surface area (TPSA) is 81.6 Å². The second-order valence-electron chi connectivity index (χ2n) is 6.30. The van der Waals surface area contributed by atoms with Gasteiger partial charge in [-0.15, -0.1) is 0 Å². The third-order valence-electron chi connectivity index (χ3n) is 4.21. The molecule has 3 N–H and O–H groups in total. The van der Waals surface area contributed by atoms with E-state index >= 15 is 0 Å². The Kier molecular flexibility index (Phi) is 8.10. The Morgan fingerprint density at radius 3 is 2.59 bits per heavy atom. The average molecular weight is 374 g/mol. The normalized spacial score (nSPS) is 11.7. The number of aliphatic hydroxyl groups excluding tert-OH is 1. The number of rotatable bonds is 11. The standard InChI is InChI=1S/C21H27NO5/c1-15(23)17-5-4-6-19(12-17)27-14-18(24)13-22-10-9-16-7-8-20(25-2)21(11-16)26-3/h4-8,11-12,18,22,24H,9-10,13-14H2,1-3H3/p+1/t18-/m0/s1. The van der Waals surface area contributed by atoms with Crippen molar-refractivity contribution in [2.45, 2.75) is 19.4 Å². The van der Waals surface area contributed by atoms with Crippen molar-refractivity contribution in [2.24, 2.45) is 0 Å². The summed E-state index contributed by atoms with van der Waals surface area (Å²) in [5.41, 5.74) is 1.75. The molecule has 0 amide bonds. The summed E-state index contributed by atoms with van der Waals surface area (Å²) in [4.78, 5) is 11.4. The van der Waals surface area contributed by atoms with Gasteiger partial charge in [0.15, 0.2) is 17.3 Å². The van der Waals surface area contributed by atoms with Gasteiger partial charge in [0.05, 0.1) is 20.8 Å². The molecule has 2 rings (SSSR count). The number of hydrogen-bond donors (Lipinski definition) is 2. The Morgan fingerprint density at radius 2 is 1.89 bits per heavy atom. The number of ether oxygens (including phenoxy) is 3. The zero-order chi connectivity index (χ0) is 19.6. The number of carbonyl (C=O) groups is 1. The highest BCUT2D eigenvalue weighted by Gasteiger charge is 2.09. The van der Waals surface area contributed by atoms with E-state index in [4.69, 9.17) is 14.2 Å². The zero-order valence-corrected chi connectivity index (χ0v) is 16.1. The Bertz CT molecular complexity index is 747. The molecule has 0 spiro atoms. The lowest BCUT2D eigenvalue weighted by Gasteiger charge is -2.12. The van der Waals surface area contributed by atoms with Gasteiger partial charge in [0, 0.05) is 12.0 Å². The van der Waals surface area contributed by atoms with Crippen LogP contribution in [-0.2, 0) is 6.42 Å². The van der Waals surface area contributed by atoms with E-state index in [1.165, 1.54) is 6.92 Å². The van der Waals surface area contributed by atoms with Crippen LogP contribution in [0.5, 0.6) is 17.2 Å². The van der Waals surface area contributed by atoms with Gasteiger partial charge in [-0.05, 0) is 36.8 Å². The molecular formula is C21H28NO5+. The predicted octanol–water partition coefficient (Wildman–Crippen LogP) is 1.45.